The summed E-state index contributed by atoms with van der Waals surface area (Å²) in [7, 11) is -3.20. The largest absolute Gasteiger partial charge is 0.473 e. The number of rotatable bonds is 6. The first kappa shape index (κ1) is 19.0. The fourth-order valence-electron chi connectivity index (χ4n) is 4.98. The molecule has 0 amide bonds. The fourth-order valence-corrected chi connectivity index (χ4v) is 5.45. The van der Waals surface area contributed by atoms with E-state index in [9.17, 15) is 8.42 Å². The third-order valence-corrected chi connectivity index (χ3v) is 6.91. The molecule has 2 fully saturated rings. The van der Waals surface area contributed by atoms with Crippen LogP contribution in [0.15, 0.2) is 35.5 Å². The van der Waals surface area contributed by atoms with Gasteiger partial charge in [0, 0.05) is 38.5 Å². The van der Waals surface area contributed by atoms with Crippen molar-refractivity contribution in [1.29, 1.82) is 0 Å². The average Bonchev–Trinajstić information content (AvgIpc) is 2.98. The summed E-state index contributed by atoms with van der Waals surface area (Å²) in [5.74, 6) is 1.10. The van der Waals surface area contributed by atoms with E-state index in [1.54, 1.807) is 0 Å². The number of sulfonamides is 1. The molecule has 1 spiro atoms. The molecule has 4 N–H and O–H groups in total. The van der Waals surface area contributed by atoms with Crippen LogP contribution < -0.4 is 15.8 Å². The molecule has 150 valence electrons. The molecule has 1 saturated carbocycles. The zero-order chi connectivity index (χ0) is 19.1. The SMILES string of the molecule is CS(=O)(=O)NCCN[C@]1(CN)CC23CCCCC2=CN2C=CCCC2=C3O1. The Hall–Kier alpha value is -1.35. The fraction of sp³-hybridized carbons (Fsp3) is 0.684. The monoisotopic (exact) mass is 394 g/mol. The van der Waals surface area contributed by atoms with Gasteiger partial charge < -0.3 is 15.4 Å². The molecule has 0 bridgehead atoms. The highest BCUT2D eigenvalue weighted by atomic mass is 32.2. The number of nitrogens with zero attached hydrogens (tertiary/aromatic N) is 1. The van der Waals surface area contributed by atoms with Gasteiger partial charge in [-0.3, -0.25) is 5.32 Å². The zero-order valence-electron chi connectivity index (χ0n) is 16.0. The Morgan fingerprint density at radius 2 is 2.15 bits per heavy atom. The lowest BCUT2D eigenvalue weighted by atomic mass is 9.65. The average molecular weight is 395 g/mol. The van der Waals surface area contributed by atoms with Crippen molar-refractivity contribution in [3.05, 3.63) is 35.5 Å². The second-order valence-corrected chi connectivity index (χ2v) is 9.95. The van der Waals surface area contributed by atoms with E-state index in [0.29, 0.717) is 19.6 Å². The Morgan fingerprint density at radius 3 is 2.93 bits per heavy atom. The Morgan fingerprint density at radius 1 is 1.30 bits per heavy atom. The van der Waals surface area contributed by atoms with Crippen molar-refractivity contribution >= 4 is 10.0 Å². The molecule has 4 rings (SSSR count). The molecule has 1 saturated heterocycles. The number of ether oxygens (including phenoxy) is 1. The third-order valence-electron chi connectivity index (χ3n) is 6.18. The van der Waals surface area contributed by atoms with Gasteiger partial charge >= 0.3 is 0 Å². The van der Waals surface area contributed by atoms with Crippen LogP contribution in [0.1, 0.15) is 44.9 Å². The van der Waals surface area contributed by atoms with Crippen molar-refractivity contribution in [2.24, 2.45) is 11.1 Å². The van der Waals surface area contributed by atoms with Crippen LogP contribution in [0, 0.1) is 5.41 Å². The van der Waals surface area contributed by atoms with Crippen molar-refractivity contribution in [3.8, 4) is 0 Å². The van der Waals surface area contributed by atoms with Gasteiger partial charge in [-0.05, 0) is 37.7 Å². The molecule has 1 aliphatic carbocycles. The minimum absolute atomic E-state index is 0.0497. The minimum Gasteiger partial charge on any atom is -0.473 e. The van der Waals surface area contributed by atoms with Gasteiger partial charge in [0.05, 0.1) is 17.4 Å². The van der Waals surface area contributed by atoms with Gasteiger partial charge in [-0.2, -0.15) is 0 Å². The van der Waals surface area contributed by atoms with Crippen molar-refractivity contribution in [1.82, 2.24) is 14.9 Å². The number of fused-ring (bicyclic) bond motifs is 1. The van der Waals surface area contributed by atoms with Crippen molar-refractivity contribution in [3.63, 3.8) is 0 Å². The van der Waals surface area contributed by atoms with Gasteiger partial charge in [0.15, 0.2) is 5.72 Å². The van der Waals surface area contributed by atoms with Crippen LogP contribution in [-0.2, 0) is 14.8 Å². The standard InChI is InChI=1S/C19H30N4O3S/c1-27(24,25)22-10-9-21-19(14-20)13-18-8-4-2-6-15(18)12-23-11-5-3-7-16(23)17(18)26-19/h5,11-12,21-22H,2-4,6-10,13-14,20H2,1H3/t18?,19-/m1/s1. The summed E-state index contributed by atoms with van der Waals surface area (Å²) in [5.41, 5.74) is 8.20. The molecular formula is C19H30N4O3S. The van der Waals surface area contributed by atoms with E-state index in [-0.39, 0.29) is 5.41 Å². The minimum atomic E-state index is -3.20. The van der Waals surface area contributed by atoms with Gasteiger partial charge in [-0.25, -0.2) is 13.1 Å². The summed E-state index contributed by atoms with van der Waals surface area (Å²) in [6.45, 7) is 1.15. The summed E-state index contributed by atoms with van der Waals surface area (Å²) in [4.78, 5) is 2.23. The Labute approximate surface area is 161 Å². The lowest BCUT2D eigenvalue weighted by Crippen LogP contribution is -2.53. The first-order valence-corrected chi connectivity index (χ1v) is 11.8. The second-order valence-electron chi connectivity index (χ2n) is 8.12. The zero-order valence-corrected chi connectivity index (χ0v) is 16.8. The molecule has 0 radical (unpaired) electrons. The van der Waals surface area contributed by atoms with Crippen molar-refractivity contribution < 1.29 is 13.2 Å². The lowest BCUT2D eigenvalue weighted by molar-refractivity contribution is 0.0129. The van der Waals surface area contributed by atoms with E-state index < -0.39 is 15.7 Å². The third kappa shape index (κ3) is 3.44. The molecule has 3 heterocycles. The molecule has 27 heavy (non-hydrogen) atoms. The van der Waals surface area contributed by atoms with Gasteiger partial charge in [0.25, 0.3) is 0 Å². The number of hydrogen-bond donors (Lipinski definition) is 3. The van der Waals surface area contributed by atoms with Crippen LogP contribution in [0.3, 0.4) is 0 Å². The number of nitrogens with one attached hydrogen (secondary N) is 2. The Kier molecular flexibility index (Phi) is 4.86. The van der Waals surface area contributed by atoms with Crippen LogP contribution in [0.5, 0.6) is 0 Å². The maximum absolute atomic E-state index is 11.3. The normalized spacial score (nSPS) is 32.5. The Bertz CT molecular complexity index is 804. The summed E-state index contributed by atoms with van der Waals surface area (Å²) in [6, 6.07) is 0. The molecular weight excluding hydrogens is 364 g/mol. The topological polar surface area (TPSA) is 96.7 Å². The number of nitrogens with two attached hydrogens (primary N) is 1. The van der Waals surface area contributed by atoms with Crippen LogP contribution in [-0.4, -0.2) is 44.9 Å². The van der Waals surface area contributed by atoms with Crippen LogP contribution in [0.2, 0.25) is 0 Å². The molecule has 4 aliphatic rings. The van der Waals surface area contributed by atoms with E-state index in [1.807, 2.05) is 0 Å². The molecule has 3 aliphatic heterocycles. The highest BCUT2D eigenvalue weighted by molar-refractivity contribution is 7.88. The van der Waals surface area contributed by atoms with E-state index in [2.05, 4.69) is 33.4 Å². The first-order chi connectivity index (χ1) is 12.9. The molecule has 7 nitrogen and oxygen atoms in total. The molecule has 0 aromatic heterocycles. The molecule has 8 heteroatoms. The van der Waals surface area contributed by atoms with Crippen LogP contribution in [0.25, 0.3) is 0 Å². The van der Waals surface area contributed by atoms with E-state index >= 15 is 0 Å². The molecule has 2 atom stereocenters. The molecule has 1 unspecified atom stereocenters. The van der Waals surface area contributed by atoms with Gasteiger partial charge in [-0.1, -0.05) is 12.5 Å². The van der Waals surface area contributed by atoms with Gasteiger partial charge in [-0.15, -0.1) is 0 Å². The lowest BCUT2D eigenvalue weighted by Gasteiger charge is -2.42. The maximum Gasteiger partial charge on any atom is 0.208 e. The molecule has 0 aromatic carbocycles. The van der Waals surface area contributed by atoms with Crippen molar-refractivity contribution in [2.45, 2.75) is 50.7 Å². The van der Waals surface area contributed by atoms with E-state index in [1.165, 1.54) is 30.4 Å². The maximum atomic E-state index is 11.3. The number of allylic oxidation sites excluding steroid dienone is 3. The number of hydrogen-bond acceptors (Lipinski definition) is 6. The predicted molar refractivity (Wildman–Crippen MR) is 105 cm³/mol. The predicted octanol–water partition coefficient (Wildman–Crippen LogP) is 1.48. The van der Waals surface area contributed by atoms with Gasteiger partial charge in [0.2, 0.25) is 10.0 Å². The highest BCUT2D eigenvalue weighted by Crippen LogP contribution is 2.60. The van der Waals surface area contributed by atoms with E-state index in [4.69, 9.17) is 10.5 Å². The molecule has 0 aromatic rings. The van der Waals surface area contributed by atoms with Crippen LogP contribution in [0.4, 0.5) is 0 Å². The first-order valence-electron chi connectivity index (χ1n) is 9.86. The highest BCUT2D eigenvalue weighted by Gasteiger charge is 2.58. The van der Waals surface area contributed by atoms with Gasteiger partial charge in [0.1, 0.15) is 5.76 Å². The summed E-state index contributed by atoms with van der Waals surface area (Å²) in [5, 5.41) is 3.43. The summed E-state index contributed by atoms with van der Waals surface area (Å²) < 4.78 is 31.7. The second kappa shape index (κ2) is 6.92. The van der Waals surface area contributed by atoms with Crippen LogP contribution >= 0.6 is 0 Å². The summed E-state index contributed by atoms with van der Waals surface area (Å²) >= 11 is 0. The Balaban J connectivity index is 1.61. The van der Waals surface area contributed by atoms with Crippen molar-refractivity contribution in [2.75, 3.05) is 25.9 Å². The quantitative estimate of drug-likeness (QED) is 0.591. The smallest absolute Gasteiger partial charge is 0.208 e. The summed E-state index contributed by atoms with van der Waals surface area (Å²) in [6.07, 6.45) is 15.3. The van der Waals surface area contributed by atoms with E-state index in [0.717, 1.165) is 37.9 Å².